The molecule has 0 bridgehead atoms. The normalized spacial score (nSPS) is 11.6. The van der Waals surface area contributed by atoms with Gasteiger partial charge in [0.05, 0.1) is 16.5 Å². The molecule has 0 fully saturated rings. The molecular weight excluding hydrogens is 455 g/mol. The molecule has 3 aromatic carbocycles. The van der Waals surface area contributed by atoms with E-state index >= 15 is 0 Å². The summed E-state index contributed by atoms with van der Waals surface area (Å²) in [6, 6.07) is 22.2. The smallest absolute Gasteiger partial charge is 0.243 e. The maximum absolute atomic E-state index is 13.6. The molecule has 2 amide bonds. The molecule has 0 heterocycles. The van der Waals surface area contributed by atoms with Gasteiger partial charge in [0.2, 0.25) is 11.8 Å². The van der Waals surface area contributed by atoms with Gasteiger partial charge in [-0.25, -0.2) is 0 Å². The third-order valence-electron chi connectivity index (χ3n) is 5.56. The van der Waals surface area contributed by atoms with Gasteiger partial charge in [-0.1, -0.05) is 83.9 Å². The summed E-state index contributed by atoms with van der Waals surface area (Å²) in [5.74, 6) is -0.304. The molecule has 0 radical (unpaired) electrons. The van der Waals surface area contributed by atoms with E-state index in [0.717, 1.165) is 22.3 Å². The van der Waals surface area contributed by atoms with Crippen LogP contribution in [0.1, 0.15) is 29.2 Å². The molecule has 0 aliphatic carbocycles. The first-order valence-electron chi connectivity index (χ1n) is 11.0. The molecule has 33 heavy (non-hydrogen) atoms. The number of nitrogens with zero attached hydrogens (tertiary/aromatic N) is 1. The zero-order valence-electron chi connectivity index (χ0n) is 18.9. The minimum absolute atomic E-state index is 0.123. The number of amides is 2. The van der Waals surface area contributed by atoms with Crippen LogP contribution in [0, 0.1) is 6.92 Å². The van der Waals surface area contributed by atoms with Crippen molar-refractivity contribution in [2.75, 3.05) is 6.54 Å². The average Bonchev–Trinajstić information content (AvgIpc) is 2.80. The molecule has 3 rings (SSSR count). The quantitative estimate of drug-likeness (QED) is 0.430. The van der Waals surface area contributed by atoms with Gasteiger partial charge in [-0.3, -0.25) is 9.59 Å². The molecule has 0 saturated heterocycles. The molecule has 6 heteroatoms. The summed E-state index contributed by atoms with van der Waals surface area (Å²) < 4.78 is 0. The van der Waals surface area contributed by atoms with Crippen molar-refractivity contribution in [3.05, 3.63) is 105 Å². The summed E-state index contributed by atoms with van der Waals surface area (Å²) in [5.41, 5.74) is 3.77. The third-order valence-corrected chi connectivity index (χ3v) is 6.30. The van der Waals surface area contributed by atoms with E-state index < -0.39 is 6.04 Å². The number of likely N-dealkylation sites (N-methyl/N-ethyl adjacent to an activating group) is 1. The number of hydrogen-bond donors (Lipinski definition) is 1. The van der Waals surface area contributed by atoms with E-state index in [1.807, 2.05) is 74.5 Å². The predicted octanol–water partition coefficient (Wildman–Crippen LogP) is 5.62. The molecule has 1 atom stereocenters. The third kappa shape index (κ3) is 6.83. The Bertz CT molecular complexity index is 1100. The number of carbonyl (C=O) groups is 2. The number of aryl methyl sites for hydroxylation is 1. The molecule has 0 aliphatic heterocycles. The van der Waals surface area contributed by atoms with Gasteiger partial charge in [0.25, 0.3) is 0 Å². The Labute approximate surface area is 205 Å². The lowest BCUT2D eigenvalue weighted by Gasteiger charge is -2.32. The van der Waals surface area contributed by atoms with E-state index in [0.29, 0.717) is 23.0 Å². The Morgan fingerprint density at radius 1 is 0.909 bits per heavy atom. The number of benzene rings is 3. The number of carbonyl (C=O) groups excluding carboxylic acids is 2. The molecule has 3 aromatic rings. The van der Waals surface area contributed by atoms with Crippen molar-refractivity contribution in [1.82, 2.24) is 10.2 Å². The Morgan fingerprint density at radius 3 is 2.27 bits per heavy atom. The van der Waals surface area contributed by atoms with Gasteiger partial charge in [0.15, 0.2) is 0 Å². The van der Waals surface area contributed by atoms with Crippen LogP contribution >= 0.6 is 23.2 Å². The maximum atomic E-state index is 13.6. The van der Waals surface area contributed by atoms with E-state index in [-0.39, 0.29) is 24.8 Å². The Hall–Kier alpha value is -2.82. The molecule has 0 saturated carbocycles. The molecule has 0 aromatic heterocycles. The number of rotatable bonds is 9. The van der Waals surface area contributed by atoms with Crippen molar-refractivity contribution < 1.29 is 9.59 Å². The van der Waals surface area contributed by atoms with Crippen LogP contribution in [0.25, 0.3) is 0 Å². The van der Waals surface area contributed by atoms with Crippen LogP contribution in [0.5, 0.6) is 0 Å². The largest absolute Gasteiger partial charge is 0.355 e. The van der Waals surface area contributed by atoms with Crippen LogP contribution in [0.2, 0.25) is 10.0 Å². The fourth-order valence-electron chi connectivity index (χ4n) is 3.75. The maximum Gasteiger partial charge on any atom is 0.243 e. The first kappa shape index (κ1) is 24.8. The lowest BCUT2D eigenvalue weighted by Crippen LogP contribution is -2.51. The van der Waals surface area contributed by atoms with E-state index in [9.17, 15) is 9.59 Å². The predicted molar refractivity (Wildman–Crippen MR) is 135 cm³/mol. The Kier molecular flexibility index (Phi) is 8.93. The van der Waals surface area contributed by atoms with E-state index in [1.165, 1.54) is 0 Å². The van der Waals surface area contributed by atoms with Crippen molar-refractivity contribution in [3.63, 3.8) is 0 Å². The zero-order valence-corrected chi connectivity index (χ0v) is 20.4. The van der Waals surface area contributed by atoms with Crippen LogP contribution in [0.4, 0.5) is 0 Å². The minimum Gasteiger partial charge on any atom is -0.355 e. The SMILES string of the molecule is CCNC(=O)C(Cc1ccccc1)N(Cc1ccc(Cl)c(Cl)c1)C(=O)Cc1ccccc1C. The minimum atomic E-state index is -0.668. The van der Waals surface area contributed by atoms with Crippen LogP contribution in [0.3, 0.4) is 0 Å². The standard InChI is InChI=1S/C27H28Cl2N2O2/c1-3-30-27(33)25(16-20-10-5-4-6-11-20)31(18-21-13-14-23(28)24(29)15-21)26(32)17-22-12-8-7-9-19(22)2/h4-15,25H,3,16-18H2,1-2H3,(H,30,33). The topological polar surface area (TPSA) is 49.4 Å². The molecule has 1 unspecified atom stereocenters. The first-order chi connectivity index (χ1) is 15.9. The highest BCUT2D eigenvalue weighted by Gasteiger charge is 2.30. The summed E-state index contributed by atoms with van der Waals surface area (Å²) in [6.07, 6.45) is 0.617. The Balaban J connectivity index is 1.98. The highest BCUT2D eigenvalue weighted by atomic mass is 35.5. The molecule has 4 nitrogen and oxygen atoms in total. The number of nitrogens with one attached hydrogen (secondary N) is 1. The summed E-state index contributed by atoms with van der Waals surface area (Å²) in [6.45, 7) is 4.58. The van der Waals surface area contributed by atoms with Gasteiger partial charge >= 0.3 is 0 Å². The molecular formula is C27H28Cl2N2O2. The van der Waals surface area contributed by atoms with Gasteiger partial charge in [0, 0.05) is 19.5 Å². The van der Waals surface area contributed by atoms with Crippen LogP contribution < -0.4 is 5.32 Å². The molecule has 172 valence electrons. The van der Waals surface area contributed by atoms with Crippen molar-refractivity contribution >= 4 is 35.0 Å². The first-order valence-corrected chi connectivity index (χ1v) is 11.7. The van der Waals surface area contributed by atoms with Gasteiger partial charge in [0.1, 0.15) is 6.04 Å². The van der Waals surface area contributed by atoms with E-state index in [2.05, 4.69) is 5.32 Å². The second-order valence-electron chi connectivity index (χ2n) is 7.97. The van der Waals surface area contributed by atoms with Crippen molar-refractivity contribution in [1.29, 1.82) is 0 Å². The second-order valence-corrected chi connectivity index (χ2v) is 8.79. The molecule has 0 spiro atoms. The van der Waals surface area contributed by atoms with Gasteiger partial charge < -0.3 is 10.2 Å². The van der Waals surface area contributed by atoms with Crippen molar-refractivity contribution in [3.8, 4) is 0 Å². The van der Waals surface area contributed by atoms with Gasteiger partial charge in [-0.2, -0.15) is 0 Å². The van der Waals surface area contributed by atoms with Gasteiger partial charge in [-0.05, 0) is 48.2 Å². The highest BCUT2D eigenvalue weighted by molar-refractivity contribution is 6.42. The summed E-state index contributed by atoms with van der Waals surface area (Å²) in [4.78, 5) is 28.5. The highest BCUT2D eigenvalue weighted by Crippen LogP contribution is 2.25. The second kappa shape index (κ2) is 11.9. The van der Waals surface area contributed by atoms with Crippen LogP contribution in [-0.4, -0.2) is 29.3 Å². The van der Waals surface area contributed by atoms with Gasteiger partial charge in [-0.15, -0.1) is 0 Å². The summed E-state index contributed by atoms with van der Waals surface area (Å²) in [5, 5.41) is 3.76. The zero-order chi connectivity index (χ0) is 23.8. The number of hydrogen-bond acceptors (Lipinski definition) is 2. The lowest BCUT2D eigenvalue weighted by molar-refractivity contribution is -0.140. The van der Waals surface area contributed by atoms with E-state index in [1.54, 1.807) is 17.0 Å². The van der Waals surface area contributed by atoms with E-state index in [4.69, 9.17) is 23.2 Å². The van der Waals surface area contributed by atoms with Crippen LogP contribution in [-0.2, 0) is 29.0 Å². The summed E-state index contributed by atoms with van der Waals surface area (Å²) >= 11 is 12.3. The monoisotopic (exact) mass is 482 g/mol. The molecule has 0 aliphatic rings. The summed E-state index contributed by atoms with van der Waals surface area (Å²) in [7, 11) is 0. The Morgan fingerprint density at radius 2 is 1.61 bits per heavy atom. The van der Waals surface area contributed by atoms with Crippen molar-refractivity contribution in [2.45, 2.75) is 39.3 Å². The van der Waals surface area contributed by atoms with Crippen LogP contribution in [0.15, 0.2) is 72.8 Å². The molecule has 1 N–H and O–H groups in total. The fourth-order valence-corrected chi connectivity index (χ4v) is 4.07. The lowest BCUT2D eigenvalue weighted by atomic mass is 10.0. The fraction of sp³-hybridized carbons (Fsp3) is 0.259. The van der Waals surface area contributed by atoms with Crippen molar-refractivity contribution in [2.24, 2.45) is 0 Å². The number of halogens is 2. The average molecular weight is 483 g/mol.